The molecule has 0 aliphatic heterocycles. The predicted octanol–water partition coefficient (Wildman–Crippen LogP) is 2.15. The van der Waals surface area contributed by atoms with E-state index in [2.05, 4.69) is 0 Å². The van der Waals surface area contributed by atoms with Crippen LogP contribution in [0.15, 0.2) is 18.2 Å². The Balaban J connectivity index is 2.89. The largest absolute Gasteiger partial charge is 0.491 e. The third-order valence-electron chi connectivity index (χ3n) is 1.77. The van der Waals surface area contributed by atoms with Crippen LogP contribution in [0.5, 0.6) is 5.75 Å². The number of ether oxygens (including phenoxy) is 1. The van der Waals surface area contributed by atoms with Gasteiger partial charge in [-0.1, -0.05) is 0 Å². The van der Waals surface area contributed by atoms with E-state index in [0.717, 1.165) is 0 Å². The highest BCUT2D eigenvalue weighted by molar-refractivity contribution is 5.34. The van der Waals surface area contributed by atoms with Gasteiger partial charge < -0.3 is 9.84 Å². The molecule has 0 aromatic heterocycles. The van der Waals surface area contributed by atoms with Crippen LogP contribution in [-0.2, 0) is 6.42 Å². The molecular weight excluding hydrogens is 183 g/mol. The maximum Gasteiger partial charge on any atom is 0.123 e. The van der Waals surface area contributed by atoms with E-state index in [1.54, 1.807) is 6.07 Å². The molecule has 0 aliphatic carbocycles. The van der Waals surface area contributed by atoms with E-state index in [1.165, 1.54) is 12.1 Å². The summed E-state index contributed by atoms with van der Waals surface area (Å²) >= 11 is 0. The van der Waals surface area contributed by atoms with Gasteiger partial charge in [-0.25, -0.2) is 4.39 Å². The quantitative estimate of drug-likeness (QED) is 0.803. The highest BCUT2D eigenvalue weighted by Crippen LogP contribution is 2.21. The lowest BCUT2D eigenvalue weighted by atomic mass is 10.1. The summed E-state index contributed by atoms with van der Waals surface area (Å²) in [6, 6.07) is 4.35. The first-order valence-electron chi connectivity index (χ1n) is 4.69. The fourth-order valence-corrected chi connectivity index (χ4v) is 1.23. The summed E-state index contributed by atoms with van der Waals surface area (Å²) < 4.78 is 18.3. The molecule has 1 N–H and O–H groups in total. The summed E-state index contributed by atoms with van der Waals surface area (Å²) in [7, 11) is 0. The standard InChI is InChI=1S/C11H15FO2/c1-8(2)14-11-4-3-10(12)7-9(11)5-6-13/h3-4,7-8,13H,5-6H2,1-2H3. The highest BCUT2D eigenvalue weighted by atomic mass is 19.1. The monoisotopic (exact) mass is 198 g/mol. The minimum absolute atomic E-state index is 0.00207. The second-order valence-electron chi connectivity index (χ2n) is 3.39. The van der Waals surface area contributed by atoms with E-state index in [1.807, 2.05) is 13.8 Å². The number of benzene rings is 1. The van der Waals surface area contributed by atoms with Gasteiger partial charge in [0, 0.05) is 6.61 Å². The minimum Gasteiger partial charge on any atom is -0.491 e. The molecule has 14 heavy (non-hydrogen) atoms. The van der Waals surface area contributed by atoms with Gasteiger partial charge in [0.15, 0.2) is 0 Å². The molecule has 0 bridgehead atoms. The zero-order chi connectivity index (χ0) is 10.6. The molecule has 0 saturated carbocycles. The number of rotatable bonds is 4. The van der Waals surface area contributed by atoms with E-state index in [9.17, 15) is 4.39 Å². The van der Waals surface area contributed by atoms with Gasteiger partial charge in [0.1, 0.15) is 11.6 Å². The maximum absolute atomic E-state index is 12.9. The first-order valence-corrected chi connectivity index (χ1v) is 4.69. The predicted molar refractivity (Wildman–Crippen MR) is 53.0 cm³/mol. The Bertz CT molecular complexity index is 297. The fraction of sp³-hybridized carbons (Fsp3) is 0.455. The van der Waals surface area contributed by atoms with Gasteiger partial charge in [-0.3, -0.25) is 0 Å². The van der Waals surface area contributed by atoms with Gasteiger partial charge in [0.2, 0.25) is 0 Å². The van der Waals surface area contributed by atoms with Gasteiger partial charge >= 0.3 is 0 Å². The topological polar surface area (TPSA) is 29.5 Å². The lowest BCUT2D eigenvalue weighted by molar-refractivity contribution is 0.236. The zero-order valence-electron chi connectivity index (χ0n) is 8.46. The second-order valence-corrected chi connectivity index (χ2v) is 3.39. The van der Waals surface area contributed by atoms with Crippen molar-refractivity contribution in [2.45, 2.75) is 26.4 Å². The van der Waals surface area contributed by atoms with Crippen molar-refractivity contribution in [3.63, 3.8) is 0 Å². The van der Waals surface area contributed by atoms with Crippen LogP contribution >= 0.6 is 0 Å². The van der Waals surface area contributed by atoms with Crippen LogP contribution in [0.4, 0.5) is 4.39 Å². The number of halogens is 1. The molecule has 0 amide bonds. The number of aliphatic hydroxyl groups is 1. The third kappa shape index (κ3) is 3.00. The lowest BCUT2D eigenvalue weighted by Crippen LogP contribution is -2.08. The molecule has 78 valence electrons. The van der Waals surface area contributed by atoms with Gasteiger partial charge in [-0.2, -0.15) is 0 Å². The van der Waals surface area contributed by atoms with Crippen molar-refractivity contribution in [1.29, 1.82) is 0 Å². The normalized spacial score (nSPS) is 10.6. The Morgan fingerprint density at radius 3 is 2.71 bits per heavy atom. The minimum atomic E-state index is -0.301. The van der Waals surface area contributed by atoms with Crippen LogP contribution in [0.2, 0.25) is 0 Å². The van der Waals surface area contributed by atoms with Gasteiger partial charge in [0.25, 0.3) is 0 Å². The van der Waals surface area contributed by atoms with Crippen LogP contribution in [0.3, 0.4) is 0 Å². The first kappa shape index (κ1) is 11.0. The molecule has 0 aliphatic rings. The molecule has 0 atom stereocenters. The van der Waals surface area contributed by atoms with E-state index in [4.69, 9.17) is 9.84 Å². The summed E-state index contributed by atoms with van der Waals surface area (Å²) in [4.78, 5) is 0. The van der Waals surface area contributed by atoms with Crippen LogP contribution in [-0.4, -0.2) is 17.8 Å². The highest BCUT2D eigenvalue weighted by Gasteiger charge is 2.06. The molecule has 2 nitrogen and oxygen atoms in total. The Labute approximate surface area is 83.3 Å². The molecule has 1 aromatic rings. The zero-order valence-corrected chi connectivity index (χ0v) is 8.46. The Morgan fingerprint density at radius 1 is 1.43 bits per heavy atom. The average molecular weight is 198 g/mol. The molecule has 0 spiro atoms. The number of hydrogen-bond acceptors (Lipinski definition) is 2. The molecule has 0 saturated heterocycles. The molecule has 0 unspecified atom stereocenters. The molecule has 1 aromatic carbocycles. The molecule has 3 heteroatoms. The van der Waals surface area contributed by atoms with Crippen LogP contribution in [0.25, 0.3) is 0 Å². The van der Waals surface area contributed by atoms with Crippen molar-refractivity contribution < 1.29 is 14.2 Å². The first-order chi connectivity index (χ1) is 6.63. The average Bonchev–Trinajstić information content (AvgIpc) is 2.09. The molecule has 0 heterocycles. The molecule has 0 radical (unpaired) electrons. The third-order valence-corrected chi connectivity index (χ3v) is 1.77. The van der Waals surface area contributed by atoms with E-state index in [0.29, 0.717) is 17.7 Å². The van der Waals surface area contributed by atoms with Crippen molar-refractivity contribution >= 4 is 0 Å². The number of aliphatic hydroxyl groups excluding tert-OH is 1. The number of hydrogen-bond donors (Lipinski definition) is 1. The van der Waals surface area contributed by atoms with Gasteiger partial charge in [0.05, 0.1) is 6.10 Å². The molecule has 0 fully saturated rings. The molecular formula is C11H15FO2. The van der Waals surface area contributed by atoms with Crippen LogP contribution in [0.1, 0.15) is 19.4 Å². The summed E-state index contributed by atoms with van der Waals surface area (Å²) in [5, 5.41) is 8.79. The summed E-state index contributed by atoms with van der Waals surface area (Å²) in [5.74, 6) is 0.347. The Kier molecular flexibility index (Phi) is 3.89. The van der Waals surface area contributed by atoms with E-state index >= 15 is 0 Å². The summed E-state index contributed by atoms with van der Waals surface area (Å²) in [6.07, 6.45) is 0.470. The fourth-order valence-electron chi connectivity index (χ4n) is 1.23. The molecule has 1 rings (SSSR count). The summed E-state index contributed by atoms with van der Waals surface area (Å²) in [6.45, 7) is 3.82. The van der Waals surface area contributed by atoms with Gasteiger partial charge in [-0.05, 0) is 44.0 Å². The van der Waals surface area contributed by atoms with E-state index < -0.39 is 0 Å². The van der Waals surface area contributed by atoms with Crippen molar-refractivity contribution in [1.82, 2.24) is 0 Å². The van der Waals surface area contributed by atoms with E-state index in [-0.39, 0.29) is 18.5 Å². The van der Waals surface area contributed by atoms with Crippen LogP contribution < -0.4 is 4.74 Å². The smallest absolute Gasteiger partial charge is 0.123 e. The van der Waals surface area contributed by atoms with Crippen molar-refractivity contribution in [3.8, 4) is 5.75 Å². The van der Waals surface area contributed by atoms with Gasteiger partial charge in [-0.15, -0.1) is 0 Å². The second kappa shape index (κ2) is 4.96. The Morgan fingerprint density at radius 2 is 2.14 bits per heavy atom. The van der Waals surface area contributed by atoms with Crippen molar-refractivity contribution in [3.05, 3.63) is 29.6 Å². The summed E-state index contributed by atoms with van der Waals surface area (Å²) in [5.41, 5.74) is 0.709. The van der Waals surface area contributed by atoms with Crippen LogP contribution in [0, 0.1) is 5.82 Å². The van der Waals surface area contributed by atoms with Crippen molar-refractivity contribution in [2.24, 2.45) is 0 Å². The maximum atomic E-state index is 12.9. The lowest BCUT2D eigenvalue weighted by Gasteiger charge is -2.13. The van der Waals surface area contributed by atoms with Crippen molar-refractivity contribution in [2.75, 3.05) is 6.61 Å². The SMILES string of the molecule is CC(C)Oc1ccc(F)cc1CCO. The Hall–Kier alpha value is -1.09.